The molecule has 2 aromatic carbocycles. The number of nitrogens with zero attached hydrogens (tertiary/aromatic N) is 1. The van der Waals surface area contributed by atoms with Crippen molar-refractivity contribution in [1.29, 1.82) is 0 Å². The number of ether oxygens (including phenoxy) is 1. The Balaban J connectivity index is 1.55. The van der Waals surface area contributed by atoms with Crippen LogP contribution >= 0.6 is 0 Å². The number of methoxy groups -OCH3 is 1. The van der Waals surface area contributed by atoms with Crippen molar-refractivity contribution >= 4 is 22.8 Å². The summed E-state index contributed by atoms with van der Waals surface area (Å²) >= 11 is 0. The Kier molecular flexibility index (Phi) is 5.74. The van der Waals surface area contributed by atoms with Crippen molar-refractivity contribution in [1.82, 2.24) is 9.88 Å². The Morgan fingerprint density at radius 2 is 1.87 bits per heavy atom. The lowest BCUT2D eigenvalue weighted by Crippen LogP contribution is -2.28. The van der Waals surface area contributed by atoms with Crippen molar-refractivity contribution in [3.05, 3.63) is 65.4 Å². The van der Waals surface area contributed by atoms with Gasteiger partial charge in [0, 0.05) is 29.4 Å². The van der Waals surface area contributed by atoms with Crippen LogP contribution in [0.15, 0.2) is 48.7 Å². The number of carbonyl (C=O) groups is 2. The molecule has 1 saturated carbocycles. The van der Waals surface area contributed by atoms with Crippen molar-refractivity contribution < 1.29 is 19.4 Å². The van der Waals surface area contributed by atoms with Crippen molar-refractivity contribution in [2.75, 3.05) is 13.7 Å². The molecule has 4 rings (SSSR count). The van der Waals surface area contributed by atoms with Gasteiger partial charge in [-0.2, -0.15) is 0 Å². The maximum Gasteiger partial charge on any atom is 0.335 e. The molecule has 0 atom stereocenters. The molecule has 156 valence electrons. The number of aromatic nitrogens is 1. The molecule has 3 aromatic rings. The molecule has 0 saturated heterocycles. The van der Waals surface area contributed by atoms with Gasteiger partial charge in [0.15, 0.2) is 0 Å². The molecular formula is C24H26N2O4. The fourth-order valence-electron chi connectivity index (χ4n) is 4.21. The predicted octanol–water partition coefficient (Wildman–Crippen LogP) is 4.32. The molecule has 1 fully saturated rings. The molecule has 0 aliphatic heterocycles. The summed E-state index contributed by atoms with van der Waals surface area (Å²) in [7, 11) is 1.53. The molecule has 30 heavy (non-hydrogen) atoms. The molecule has 1 aliphatic carbocycles. The first-order valence-corrected chi connectivity index (χ1v) is 10.3. The molecule has 6 heteroatoms. The lowest BCUT2D eigenvalue weighted by Gasteiger charge is -2.13. The summed E-state index contributed by atoms with van der Waals surface area (Å²) in [5.74, 6) is 0.101. The highest BCUT2D eigenvalue weighted by atomic mass is 16.5. The summed E-state index contributed by atoms with van der Waals surface area (Å²) in [6, 6.07) is 12.6. The van der Waals surface area contributed by atoms with Crippen molar-refractivity contribution in [3.8, 4) is 5.75 Å². The Labute approximate surface area is 175 Å². The van der Waals surface area contributed by atoms with Crippen LogP contribution in [0.5, 0.6) is 5.75 Å². The standard InChI is InChI=1S/C24H26N2O4/c1-30-22-13-19(24(28)29)8-9-20(22)15-26-11-10-17-6-7-18(12-21(17)26)23(27)25-14-16-4-2-3-5-16/h6-13,16H,2-5,14-15H2,1H3,(H,25,27)(H,28,29). The number of hydrogen-bond acceptors (Lipinski definition) is 3. The van der Waals surface area contributed by atoms with Crippen LogP contribution in [0.1, 0.15) is 52.0 Å². The largest absolute Gasteiger partial charge is 0.496 e. The highest BCUT2D eigenvalue weighted by Gasteiger charge is 2.17. The molecule has 1 aromatic heterocycles. The van der Waals surface area contributed by atoms with E-state index in [0.717, 1.165) is 23.0 Å². The average molecular weight is 406 g/mol. The summed E-state index contributed by atoms with van der Waals surface area (Å²) < 4.78 is 7.44. The van der Waals surface area contributed by atoms with Crippen molar-refractivity contribution in [2.45, 2.75) is 32.2 Å². The third-order valence-electron chi connectivity index (χ3n) is 5.94. The van der Waals surface area contributed by atoms with E-state index >= 15 is 0 Å². The van der Waals surface area contributed by atoms with Crippen LogP contribution < -0.4 is 10.1 Å². The predicted molar refractivity (Wildman–Crippen MR) is 115 cm³/mol. The van der Waals surface area contributed by atoms with Gasteiger partial charge in [0.1, 0.15) is 5.75 Å². The zero-order chi connectivity index (χ0) is 21.1. The van der Waals surface area contributed by atoms with Crippen LogP contribution in [0.3, 0.4) is 0 Å². The zero-order valence-corrected chi connectivity index (χ0v) is 17.1. The fourth-order valence-corrected chi connectivity index (χ4v) is 4.21. The quantitative estimate of drug-likeness (QED) is 0.612. The van der Waals surface area contributed by atoms with E-state index in [1.165, 1.54) is 38.9 Å². The number of carbonyl (C=O) groups excluding carboxylic acids is 1. The highest BCUT2D eigenvalue weighted by molar-refractivity contribution is 5.98. The second-order valence-electron chi connectivity index (χ2n) is 7.91. The Morgan fingerprint density at radius 3 is 2.60 bits per heavy atom. The summed E-state index contributed by atoms with van der Waals surface area (Å²) in [6.07, 6.45) is 6.89. The minimum Gasteiger partial charge on any atom is -0.496 e. The second kappa shape index (κ2) is 8.61. The van der Waals surface area contributed by atoms with E-state index in [-0.39, 0.29) is 11.5 Å². The number of amides is 1. The van der Waals surface area contributed by atoms with E-state index in [1.807, 2.05) is 35.0 Å². The van der Waals surface area contributed by atoms with Gasteiger partial charge in [-0.25, -0.2) is 4.79 Å². The van der Waals surface area contributed by atoms with Gasteiger partial charge in [-0.1, -0.05) is 25.0 Å². The number of nitrogens with one attached hydrogen (secondary N) is 1. The normalized spacial score (nSPS) is 14.2. The Morgan fingerprint density at radius 1 is 1.10 bits per heavy atom. The van der Waals surface area contributed by atoms with E-state index in [0.29, 0.717) is 23.8 Å². The molecule has 1 amide bonds. The maximum absolute atomic E-state index is 12.6. The Hall–Kier alpha value is -3.28. The fraction of sp³-hybridized carbons (Fsp3) is 0.333. The topological polar surface area (TPSA) is 80.6 Å². The number of carboxylic acids is 1. The smallest absolute Gasteiger partial charge is 0.335 e. The van der Waals surface area contributed by atoms with Crippen LogP contribution in [0.2, 0.25) is 0 Å². The van der Waals surface area contributed by atoms with Gasteiger partial charge in [-0.3, -0.25) is 4.79 Å². The third-order valence-corrected chi connectivity index (χ3v) is 5.94. The lowest BCUT2D eigenvalue weighted by molar-refractivity contribution is 0.0696. The number of aromatic carboxylic acids is 1. The Bertz CT molecular complexity index is 1080. The molecule has 0 spiro atoms. The SMILES string of the molecule is COc1cc(C(=O)O)ccc1Cn1ccc2ccc(C(=O)NCC3CCCC3)cc21. The van der Waals surface area contributed by atoms with Gasteiger partial charge < -0.3 is 19.7 Å². The van der Waals surface area contributed by atoms with Gasteiger partial charge in [0.2, 0.25) is 0 Å². The second-order valence-corrected chi connectivity index (χ2v) is 7.91. The number of rotatable bonds is 7. The van der Waals surface area contributed by atoms with Gasteiger partial charge in [0.25, 0.3) is 5.91 Å². The average Bonchev–Trinajstić information content (AvgIpc) is 3.42. The third kappa shape index (κ3) is 4.17. The number of hydrogen-bond donors (Lipinski definition) is 2. The van der Waals surface area contributed by atoms with Crippen LogP contribution in [-0.2, 0) is 6.54 Å². The van der Waals surface area contributed by atoms with Crippen LogP contribution in [0, 0.1) is 5.92 Å². The monoisotopic (exact) mass is 406 g/mol. The lowest BCUT2D eigenvalue weighted by atomic mass is 10.1. The minimum absolute atomic E-state index is 0.0417. The molecule has 0 radical (unpaired) electrons. The first-order chi connectivity index (χ1) is 14.5. The molecule has 1 heterocycles. The van der Waals surface area contributed by atoms with E-state index in [1.54, 1.807) is 12.1 Å². The van der Waals surface area contributed by atoms with E-state index in [4.69, 9.17) is 4.74 Å². The molecule has 6 nitrogen and oxygen atoms in total. The van der Waals surface area contributed by atoms with E-state index in [9.17, 15) is 14.7 Å². The highest BCUT2D eigenvalue weighted by Crippen LogP contribution is 2.26. The molecule has 0 bridgehead atoms. The molecule has 0 unspecified atom stereocenters. The first-order valence-electron chi connectivity index (χ1n) is 10.3. The number of benzene rings is 2. The summed E-state index contributed by atoms with van der Waals surface area (Å²) in [5, 5.41) is 13.3. The van der Waals surface area contributed by atoms with Gasteiger partial charge >= 0.3 is 5.97 Å². The van der Waals surface area contributed by atoms with Crippen molar-refractivity contribution in [3.63, 3.8) is 0 Å². The number of carboxylic acid groups (broad SMARTS) is 1. The number of fused-ring (bicyclic) bond motifs is 1. The van der Waals surface area contributed by atoms with E-state index < -0.39 is 5.97 Å². The van der Waals surface area contributed by atoms with Crippen LogP contribution in [0.25, 0.3) is 10.9 Å². The van der Waals surface area contributed by atoms with Crippen LogP contribution in [0.4, 0.5) is 0 Å². The summed E-state index contributed by atoms with van der Waals surface area (Å²) in [6.45, 7) is 1.25. The maximum atomic E-state index is 12.6. The summed E-state index contributed by atoms with van der Waals surface area (Å²) in [4.78, 5) is 23.9. The van der Waals surface area contributed by atoms with Gasteiger partial charge in [0.05, 0.1) is 19.2 Å². The van der Waals surface area contributed by atoms with Gasteiger partial charge in [-0.05, 0) is 54.5 Å². The molecule has 2 N–H and O–H groups in total. The minimum atomic E-state index is -0.987. The first kappa shape index (κ1) is 20.0. The summed E-state index contributed by atoms with van der Waals surface area (Å²) in [5.41, 5.74) is 2.66. The van der Waals surface area contributed by atoms with Crippen LogP contribution in [-0.4, -0.2) is 35.2 Å². The molecule has 1 aliphatic rings. The zero-order valence-electron chi connectivity index (χ0n) is 17.1. The van der Waals surface area contributed by atoms with Gasteiger partial charge in [-0.15, -0.1) is 0 Å². The molecular weight excluding hydrogens is 380 g/mol. The van der Waals surface area contributed by atoms with Crippen molar-refractivity contribution in [2.24, 2.45) is 5.92 Å². The van der Waals surface area contributed by atoms with E-state index in [2.05, 4.69) is 5.32 Å².